The van der Waals surface area contributed by atoms with Crippen LogP contribution in [0.2, 0.25) is 5.02 Å². The van der Waals surface area contributed by atoms with Crippen molar-refractivity contribution in [2.24, 2.45) is 0 Å². The highest BCUT2D eigenvalue weighted by molar-refractivity contribution is 6.30. The molecule has 0 spiro atoms. The fraction of sp³-hybridized carbons (Fsp3) is 0.280. The van der Waals surface area contributed by atoms with Crippen LogP contribution in [0.1, 0.15) is 46.8 Å². The number of halogens is 1. The molecule has 0 aliphatic carbocycles. The smallest absolute Gasteiger partial charge is 0.290 e. The highest BCUT2D eigenvalue weighted by Crippen LogP contribution is 2.41. The van der Waals surface area contributed by atoms with Crippen molar-refractivity contribution in [3.63, 3.8) is 0 Å². The summed E-state index contributed by atoms with van der Waals surface area (Å²) >= 11 is 6.09. The fourth-order valence-electron chi connectivity index (χ4n) is 4.71. The maximum absolute atomic E-state index is 13.3. The largest absolute Gasteiger partial charge is 0.503 e. The van der Waals surface area contributed by atoms with Gasteiger partial charge in [-0.25, -0.2) is 0 Å². The van der Waals surface area contributed by atoms with Crippen LogP contribution in [-0.2, 0) is 4.79 Å². The normalized spacial score (nSPS) is 20.1. The minimum Gasteiger partial charge on any atom is -0.503 e. The van der Waals surface area contributed by atoms with Gasteiger partial charge in [0.05, 0.1) is 30.2 Å². The SMILES string of the molecule is O=C(C1=C(O)C(=O)N(CC(c2ccco2)N2CCCC2)C1c1ccc(Cl)cc1)c1ccco1. The maximum atomic E-state index is 13.3. The molecule has 1 saturated heterocycles. The van der Waals surface area contributed by atoms with E-state index in [0.717, 1.165) is 31.7 Å². The molecule has 1 amide bonds. The van der Waals surface area contributed by atoms with Crippen LogP contribution in [0.25, 0.3) is 0 Å². The van der Waals surface area contributed by atoms with E-state index in [1.165, 1.54) is 12.3 Å². The predicted molar refractivity (Wildman–Crippen MR) is 121 cm³/mol. The van der Waals surface area contributed by atoms with Crippen molar-refractivity contribution in [2.45, 2.75) is 24.9 Å². The second-order valence-corrected chi connectivity index (χ2v) is 8.69. The molecule has 170 valence electrons. The Morgan fingerprint density at radius 3 is 2.39 bits per heavy atom. The van der Waals surface area contributed by atoms with Crippen LogP contribution in [0, 0.1) is 0 Å². The number of aliphatic hydroxyl groups excluding tert-OH is 1. The van der Waals surface area contributed by atoms with E-state index in [0.29, 0.717) is 10.6 Å². The molecule has 1 N–H and O–H groups in total. The molecule has 2 aromatic heterocycles. The van der Waals surface area contributed by atoms with E-state index in [1.807, 2.05) is 12.1 Å². The summed E-state index contributed by atoms with van der Waals surface area (Å²) in [4.78, 5) is 30.4. The summed E-state index contributed by atoms with van der Waals surface area (Å²) in [5.74, 6) is -0.877. The highest BCUT2D eigenvalue weighted by Gasteiger charge is 2.46. The zero-order chi connectivity index (χ0) is 22.9. The number of hydrogen-bond acceptors (Lipinski definition) is 6. The van der Waals surface area contributed by atoms with Gasteiger partial charge in [0.2, 0.25) is 5.78 Å². The Bertz CT molecular complexity index is 1160. The Morgan fingerprint density at radius 2 is 1.76 bits per heavy atom. The fourth-order valence-corrected chi connectivity index (χ4v) is 4.84. The van der Waals surface area contributed by atoms with Gasteiger partial charge < -0.3 is 18.8 Å². The molecular weight excluding hydrogens is 444 g/mol. The van der Waals surface area contributed by atoms with Crippen molar-refractivity contribution < 1.29 is 23.5 Å². The minimum atomic E-state index is -0.785. The van der Waals surface area contributed by atoms with Crippen molar-refractivity contribution in [3.05, 3.63) is 94.5 Å². The van der Waals surface area contributed by atoms with Gasteiger partial charge in [0.15, 0.2) is 11.5 Å². The summed E-state index contributed by atoms with van der Waals surface area (Å²) in [5.41, 5.74) is 0.670. The van der Waals surface area contributed by atoms with E-state index in [2.05, 4.69) is 4.90 Å². The number of hydrogen-bond donors (Lipinski definition) is 1. The van der Waals surface area contributed by atoms with Gasteiger partial charge in [-0.15, -0.1) is 0 Å². The number of aliphatic hydroxyl groups is 1. The molecule has 1 aromatic carbocycles. The number of ketones is 1. The number of likely N-dealkylation sites (tertiary alicyclic amines) is 1. The molecule has 0 radical (unpaired) electrons. The lowest BCUT2D eigenvalue weighted by Gasteiger charge is -2.33. The first kappa shape index (κ1) is 21.6. The molecule has 0 saturated carbocycles. The summed E-state index contributed by atoms with van der Waals surface area (Å²) in [6.07, 6.45) is 5.13. The monoisotopic (exact) mass is 466 g/mol. The molecule has 33 heavy (non-hydrogen) atoms. The van der Waals surface area contributed by atoms with Gasteiger partial charge in [-0.1, -0.05) is 23.7 Å². The molecule has 2 unspecified atom stereocenters. The highest BCUT2D eigenvalue weighted by atomic mass is 35.5. The van der Waals surface area contributed by atoms with Crippen LogP contribution < -0.4 is 0 Å². The Labute approximate surface area is 195 Å². The second kappa shape index (κ2) is 8.92. The quantitative estimate of drug-likeness (QED) is 0.496. The average Bonchev–Trinajstić information content (AvgIpc) is 3.62. The van der Waals surface area contributed by atoms with E-state index in [1.54, 1.807) is 41.5 Å². The Hall–Kier alpha value is -3.29. The molecule has 2 aliphatic rings. The van der Waals surface area contributed by atoms with Crippen LogP contribution in [0.15, 0.2) is 81.2 Å². The van der Waals surface area contributed by atoms with Crippen molar-refractivity contribution in [1.82, 2.24) is 9.80 Å². The van der Waals surface area contributed by atoms with Gasteiger partial charge in [-0.3, -0.25) is 14.5 Å². The topological polar surface area (TPSA) is 87.1 Å². The number of carbonyl (C=O) groups excluding carboxylic acids is 2. The first-order chi connectivity index (χ1) is 16.0. The molecule has 7 nitrogen and oxygen atoms in total. The lowest BCUT2D eigenvalue weighted by Crippen LogP contribution is -2.40. The molecule has 5 rings (SSSR count). The Morgan fingerprint density at radius 1 is 1.06 bits per heavy atom. The van der Waals surface area contributed by atoms with Crippen LogP contribution >= 0.6 is 11.6 Å². The molecular formula is C25H23ClN2O5. The zero-order valence-electron chi connectivity index (χ0n) is 17.8. The second-order valence-electron chi connectivity index (χ2n) is 8.25. The van der Waals surface area contributed by atoms with Crippen LogP contribution in [-0.4, -0.2) is 46.2 Å². The lowest BCUT2D eigenvalue weighted by molar-refractivity contribution is -0.130. The third-order valence-corrected chi connectivity index (χ3v) is 6.55. The third kappa shape index (κ3) is 3.98. The number of rotatable bonds is 7. The van der Waals surface area contributed by atoms with Crippen molar-refractivity contribution >= 4 is 23.3 Å². The minimum absolute atomic E-state index is 0.00288. The van der Waals surface area contributed by atoms with Gasteiger partial charge in [0.1, 0.15) is 5.76 Å². The average molecular weight is 467 g/mol. The molecule has 1 fully saturated rings. The Balaban J connectivity index is 1.56. The summed E-state index contributed by atoms with van der Waals surface area (Å²) < 4.78 is 11.0. The van der Waals surface area contributed by atoms with Crippen molar-refractivity contribution in [1.29, 1.82) is 0 Å². The van der Waals surface area contributed by atoms with Gasteiger partial charge in [-0.2, -0.15) is 0 Å². The van der Waals surface area contributed by atoms with Crippen LogP contribution in [0.4, 0.5) is 0 Å². The van der Waals surface area contributed by atoms with Gasteiger partial charge >= 0.3 is 0 Å². The molecule has 2 aliphatic heterocycles. The lowest BCUT2D eigenvalue weighted by atomic mass is 9.95. The Kier molecular flexibility index (Phi) is 5.83. The summed E-state index contributed by atoms with van der Waals surface area (Å²) in [6.45, 7) is 2.02. The van der Waals surface area contributed by atoms with E-state index >= 15 is 0 Å². The maximum Gasteiger partial charge on any atom is 0.290 e. The van der Waals surface area contributed by atoms with Gasteiger partial charge in [0.25, 0.3) is 5.91 Å². The first-order valence-electron chi connectivity index (χ1n) is 10.9. The number of amides is 1. The number of furan rings is 2. The standard InChI is InChI=1S/C25H23ClN2O5/c26-17-9-7-16(8-10-17)22-21(23(29)20-6-4-14-33-20)24(30)25(31)28(22)15-18(19-5-3-13-32-19)27-11-1-2-12-27/h3-10,13-14,18,22,30H,1-2,11-12,15H2. The third-order valence-electron chi connectivity index (χ3n) is 6.30. The molecule has 4 heterocycles. The summed E-state index contributed by atoms with van der Waals surface area (Å²) in [7, 11) is 0. The molecule has 2 atom stereocenters. The summed E-state index contributed by atoms with van der Waals surface area (Å²) in [5, 5.41) is 11.4. The summed E-state index contributed by atoms with van der Waals surface area (Å²) in [6, 6.07) is 12.8. The van der Waals surface area contributed by atoms with Crippen LogP contribution in [0.3, 0.4) is 0 Å². The number of benzene rings is 1. The van der Waals surface area contributed by atoms with E-state index in [-0.39, 0.29) is 23.9 Å². The van der Waals surface area contributed by atoms with Crippen LogP contribution in [0.5, 0.6) is 0 Å². The van der Waals surface area contributed by atoms with E-state index in [4.69, 9.17) is 20.4 Å². The van der Waals surface area contributed by atoms with Crippen molar-refractivity contribution in [3.8, 4) is 0 Å². The zero-order valence-corrected chi connectivity index (χ0v) is 18.6. The number of nitrogens with zero attached hydrogens (tertiary/aromatic N) is 2. The number of carbonyl (C=O) groups is 2. The van der Waals surface area contributed by atoms with Gasteiger partial charge in [0, 0.05) is 11.6 Å². The van der Waals surface area contributed by atoms with E-state index < -0.39 is 23.5 Å². The molecule has 8 heteroatoms. The number of Topliss-reactive ketones (excluding diaryl/α,β-unsaturated/α-hetero) is 1. The van der Waals surface area contributed by atoms with E-state index in [9.17, 15) is 14.7 Å². The van der Waals surface area contributed by atoms with Gasteiger partial charge in [-0.05, 0) is 67.9 Å². The molecule has 3 aromatic rings. The predicted octanol–water partition coefficient (Wildman–Crippen LogP) is 4.94. The molecule has 0 bridgehead atoms. The first-order valence-corrected chi connectivity index (χ1v) is 11.3. The van der Waals surface area contributed by atoms with Crippen molar-refractivity contribution in [2.75, 3.05) is 19.6 Å².